The molecule has 2 aromatic carbocycles. The van der Waals surface area contributed by atoms with Gasteiger partial charge in [0.1, 0.15) is 0 Å². The van der Waals surface area contributed by atoms with Gasteiger partial charge in [0.15, 0.2) is 0 Å². The zero-order chi connectivity index (χ0) is 18.6. The maximum absolute atomic E-state index is 12.8. The lowest BCUT2D eigenvalue weighted by Gasteiger charge is -2.34. The first-order valence-corrected chi connectivity index (χ1v) is 9.89. The summed E-state index contributed by atoms with van der Waals surface area (Å²) >= 11 is 0. The van der Waals surface area contributed by atoms with Gasteiger partial charge in [-0.2, -0.15) is 0 Å². The van der Waals surface area contributed by atoms with Gasteiger partial charge in [0.25, 0.3) is 0 Å². The molecule has 140 valence electrons. The molecule has 4 rings (SSSR count). The van der Waals surface area contributed by atoms with Gasteiger partial charge in [-0.25, -0.2) is 4.79 Å². The van der Waals surface area contributed by atoms with E-state index in [2.05, 4.69) is 65.9 Å². The number of nitrogens with one attached hydrogen (secondary N) is 2. The van der Waals surface area contributed by atoms with Crippen molar-refractivity contribution in [2.24, 2.45) is 0 Å². The number of fused-ring (bicyclic) bond motifs is 1. The molecule has 3 aromatic rings. The minimum atomic E-state index is 0.0583. The van der Waals surface area contributed by atoms with Crippen molar-refractivity contribution in [3.8, 4) is 0 Å². The number of aromatic amines is 1. The Morgan fingerprint density at radius 2 is 1.93 bits per heavy atom. The van der Waals surface area contributed by atoms with Gasteiger partial charge in [-0.15, -0.1) is 0 Å². The summed E-state index contributed by atoms with van der Waals surface area (Å²) in [5.74, 6) is 0.117. The molecule has 0 spiro atoms. The predicted octanol–water partition coefficient (Wildman–Crippen LogP) is 4.88. The molecule has 2 amide bonds. The Labute approximate surface area is 160 Å². The number of carbonyl (C=O) groups excluding carboxylic acids is 1. The van der Waals surface area contributed by atoms with Crippen LogP contribution in [0.3, 0.4) is 0 Å². The van der Waals surface area contributed by atoms with Crippen LogP contribution in [-0.2, 0) is 0 Å². The summed E-state index contributed by atoms with van der Waals surface area (Å²) < 4.78 is 0. The minimum absolute atomic E-state index is 0.0583. The molecule has 0 radical (unpaired) electrons. The third-order valence-electron chi connectivity index (χ3n) is 5.72. The summed E-state index contributed by atoms with van der Waals surface area (Å²) in [6.07, 6.45) is 5.49. The van der Waals surface area contributed by atoms with Crippen LogP contribution in [0.4, 0.5) is 4.79 Å². The van der Waals surface area contributed by atoms with Crippen molar-refractivity contribution < 1.29 is 4.79 Å². The molecule has 4 heteroatoms. The van der Waals surface area contributed by atoms with E-state index in [1.165, 1.54) is 22.9 Å². The van der Waals surface area contributed by atoms with E-state index in [0.717, 1.165) is 24.9 Å². The molecule has 1 fully saturated rings. The van der Waals surface area contributed by atoms with Crippen LogP contribution in [0.2, 0.25) is 0 Å². The number of rotatable bonds is 4. The monoisotopic (exact) mass is 361 g/mol. The van der Waals surface area contributed by atoms with Crippen LogP contribution in [0.5, 0.6) is 0 Å². The van der Waals surface area contributed by atoms with Crippen molar-refractivity contribution in [1.82, 2.24) is 15.2 Å². The Morgan fingerprint density at radius 1 is 1.15 bits per heavy atom. The number of hydrogen-bond donors (Lipinski definition) is 2. The summed E-state index contributed by atoms with van der Waals surface area (Å²) in [7, 11) is 0. The van der Waals surface area contributed by atoms with E-state index in [0.29, 0.717) is 12.6 Å². The summed E-state index contributed by atoms with van der Waals surface area (Å²) in [6, 6.07) is 19.2. The molecule has 0 aliphatic carbocycles. The van der Waals surface area contributed by atoms with Crippen molar-refractivity contribution >= 4 is 16.9 Å². The van der Waals surface area contributed by atoms with E-state index < -0.39 is 0 Å². The predicted molar refractivity (Wildman–Crippen MR) is 110 cm³/mol. The standard InChI is InChI=1S/C23H27N3O/c1-17-9-7-8-14-26(17)23(27)25-15-20(18-10-3-2-4-11-18)21-16-24-22-13-6-5-12-19(21)22/h2-6,10-13,16-17,20,24H,7-9,14-15H2,1H3,(H,25,27). The Hall–Kier alpha value is -2.75. The molecule has 2 unspecified atom stereocenters. The molecule has 1 aliphatic rings. The Bertz CT molecular complexity index is 902. The Balaban J connectivity index is 1.59. The average molecular weight is 361 g/mol. The number of nitrogens with zero attached hydrogens (tertiary/aromatic N) is 1. The smallest absolute Gasteiger partial charge is 0.317 e. The lowest BCUT2D eigenvalue weighted by Crippen LogP contribution is -2.48. The number of piperidine rings is 1. The second kappa shape index (κ2) is 7.87. The molecule has 1 saturated heterocycles. The van der Waals surface area contributed by atoms with Crippen LogP contribution >= 0.6 is 0 Å². The van der Waals surface area contributed by atoms with Gasteiger partial charge in [-0.1, -0.05) is 48.5 Å². The fraction of sp³-hybridized carbons (Fsp3) is 0.348. The molecule has 2 N–H and O–H groups in total. The quantitative estimate of drug-likeness (QED) is 0.683. The number of amides is 2. The van der Waals surface area contributed by atoms with E-state index >= 15 is 0 Å². The summed E-state index contributed by atoms with van der Waals surface area (Å²) in [6.45, 7) is 3.59. The van der Waals surface area contributed by atoms with Crippen LogP contribution in [0.25, 0.3) is 10.9 Å². The molecule has 1 aliphatic heterocycles. The van der Waals surface area contributed by atoms with Crippen LogP contribution in [0, 0.1) is 0 Å². The Morgan fingerprint density at radius 3 is 2.74 bits per heavy atom. The third-order valence-corrected chi connectivity index (χ3v) is 5.72. The van der Waals surface area contributed by atoms with Crippen LogP contribution in [0.15, 0.2) is 60.8 Å². The molecule has 0 saturated carbocycles. The van der Waals surface area contributed by atoms with Gasteiger partial charge < -0.3 is 15.2 Å². The number of benzene rings is 2. The zero-order valence-corrected chi connectivity index (χ0v) is 15.8. The first-order chi connectivity index (χ1) is 13.2. The lowest BCUT2D eigenvalue weighted by molar-refractivity contribution is 0.158. The fourth-order valence-corrected chi connectivity index (χ4v) is 4.17. The number of para-hydroxylation sites is 1. The second-order valence-corrected chi connectivity index (χ2v) is 7.48. The van der Waals surface area contributed by atoms with Gasteiger partial charge in [0.2, 0.25) is 0 Å². The molecule has 0 bridgehead atoms. The van der Waals surface area contributed by atoms with E-state index in [1.807, 2.05) is 17.0 Å². The molecular formula is C23H27N3O. The third kappa shape index (κ3) is 3.70. The Kier molecular flexibility index (Phi) is 5.14. The maximum atomic E-state index is 12.8. The van der Waals surface area contributed by atoms with Gasteiger partial charge in [0, 0.05) is 42.1 Å². The van der Waals surface area contributed by atoms with E-state index in [9.17, 15) is 4.79 Å². The van der Waals surface area contributed by atoms with Gasteiger partial charge in [-0.3, -0.25) is 0 Å². The zero-order valence-electron chi connectivity index (χ0n) is 15.8. The summed E-state index contributed by atoms with van der Waals surface area (Å²) in [4.78, 5) is 18.1. The maximum Gasteiger partial charge on any atom is 0.317 e. The molecular weight excluding hydrogens is 334 g/mol. The average Bonchev–Trinajstić information content (AvgIpc) is 3.13. The normalized spacial score (nSPS) is 18.4. The molecule has 4 nitrogen and oxygen atoms in total. The minimum Gasteiger partial charge on any atom is -0.361 e. The molecule has 2 heterocycles. The van der Waals surface area contributed by atoms with Crippen LogP contribution in [-0.4, -0.2) is 35.0 Å². The van der Waals surface area contributed by atoms with Gasteiger partial charge in [0.05, 0.1) is 0 Å². The van der Waals surface area contributed by atoms with Crippen LogP contribution < -0.4 is 5.32 Å². The van der Waals surface area contributed by atoms with Gasteiger partial charge >= 0.3 is 6.03 Å². The summed E-state index contributed by atoms with van der Waals surface area (Å²) in [5.41, 5.74) is 3.57. The van der Waals surface area contributed by atoms with Crippen molar-refractivity contribution in [3.05, 3.63) is 71.9 Å². The highest BCUT2D eigenvalue weighted by Gasteiger charge is 2.25. The van der Waals surface area contributed by atoms with Crippen molar-refractivity contribution in [2.45, 2.75) is 38.1 Å². The number of likely N-dealkylation sites (tertiary alicyclic amines) is 1. The number of carbonyl (C=O) groups is 1. The topological polar surface area (TPSA) is 48.1 Å². The molecule has 27 heavy (non-hydrogen) atoms. The van der Waals surface area contributed by atoms with E-state index in [-0.39, 0.29) is 11.9 Å². The first kappa shape index (κ1) is 17.7. The highest BCUT2D eigenvalue weighted by Crippen LogP contribution is 2.30. The molecule has 1 aromatic heterocycles. The lowest BCUT2D eigenvalue weighted by atomic mass is 9.91. The molecule has 2 atom stereocenters. The SMILES string of the molecule is CC1CCCCN1C(=O)NCC(c1ccccc1)c1c[nH]c2ccccc12. The highest BCUT2D eigenvalue weighted by molar-refractivity contribution is 5.84. The van der Waals surface area contributed by atoms with Gasteiger partial charge in [-0.05, 0) is 43.4 Å². The second-order valence-electron chi connectivity index (χ2n) is 7.48. The van der Waals surface area contributed by atoms with Crippen molar-refractivity contribution in [1.29, 1.82) is 0 Å². The van der Waals surface area contributed by atoms with E-state index in [4.69, 9.17) is 0 Å². The van der Waals surface area contributed by atoms with E-state index in [1.54, 1.807) is 0 Å². The number of aromatic nitrogens is 1. The highest BCUT2D eigenvalue weighted by atomic mass is 16.2. The first-order valence-electron chi connectivity index (χ1n) is 9.89. The summed E-state index contributed by atoms with van der Waals surface area (Å²) in [5, 5.41) is 4.42. The number of urea groups is 1. The fourth-order valence-electron chi connectivity index (χ4n) is 4.17. The van der Waals surface area contributed by atoms with Crippen molar-refractivity contribution in [2.75, 3.05) is 13.1 Å². The van der Waals surface area contributed by atoms with Crippen molar-refractivity contribution in [3.63, 3.8) is 0 Å². The number of H-pyrrole nitrogens is 1. The van der Waals surface area contributed by atoms with Crippen LogP contribution in [0.1, 0.15) is 43.2 Å². The number of hydrogen-bond acceptors (Lipinski definition) is 1. The largest absolute Gasteiger partial charge is 0.361 e.